The van der Waals surface area contributed by atoms with Crippen LogP contribution in [-0.4, -0.2) is 33.2 Å². The van der Waals surface area contributed by atoms with Gasteiger partial charge in [0.25, 0.3) is 5.69 Å². The quantitative estimate of drug-likeness (QED) is 0.531. The van der Waals surface area contributed by atoms with Crippen LogP contribution in [0.1, 0.15) is 19.3 Å². The Balaban J connectivity index is 1.71. The second-order valence-electron chi connectivity index (χ2n) is 5.10. The van der Waals surface area contributed by atoms with Crippen LogP contribution in [0.4, 0.5) is 5.69 Å². The minimum atomic E-state index is -0.418. The number of nitrogens with one attached hydrogen (secondary N) is 1. The number of rotatable bonds is 4. The maximum Gasteiger partial charge on any atom is 0.271 e. The van der Waals surface area contributed by atoms with Gasteiger partial charge < -0.3 is 5.32 Å². The smallest absolute Gasteiger partial charge is 0.271 e. The van der Waals surface area contributed by atoms with E-state index in [0.717, 1.165) is 17.3 Å². The zero-order valence-electron chi connectivity index (χ0n) is 11.5. The average Bonchev–Trinajstić information content (AvgIpc) is 2.53. The number of benzene rings is 1. The average molecular weight is 304 g/mol. The van der Waals surface area contributed by atoms with Crippen LogP contribution < -0.4 is 5.32 Å². The Morgan fingerprint density at radius 2 is 2.29 bits per heavy atom. The summed E-state index contributed by atoms with van der Waals surface area (Å²) in [6.07, 6.45) is 5.45. The first kappa shape index (κ1) is 14.2. The summed E-state index contributed by atoms with van der Waals surface area (Å²) in [5, 5.41) is 15.1. The first-order valence-corrected chi connectivity index (χ1v) is 7.98. The van der Waals surface area contributed by atoms with Gasteiger partial charge in [0, 0.05) is 23.9 Å². The van der Waals surface area contributed by atoms with Gasteiger partial charge in [0.2, 0.25) is 0 Å². The summed E-state index contributed by atoms with van der Waals surface area (Å²) < 4.78 is 0. The number of thioether (sulfide) groups is 1. The van der Waals surface area contributed by atoms with E-state index in [9.17, 15) is 10.1 Å². The summed E-state index contributed by atoms with van der Waals surface area (Å²) in [4.78, 5) is 19.1. The molecule has 0 saturated carbocycles. The maximum atomic E-state index is 10.7. The highest BCUT2D eigenvalue weighted by molar-refractivity contribution is 7.99. The highest BCUT2D eigenvalue weighted by Gasteiger charge is 2.13. The van der Waals surface area contributed by atoms with Crippen molar-refractivity contribution in [1.29, 1.82) is 0 Å². The molecule has 2 heterocycles. The van der Waals surface area contributed by atoms with Gasteiger partial charge in [-0.05, 0) is 25.5 Å². The molecule has 2 aromatic rings. The van der Waals surface area contributed by atoms with Crippen molar-refractivity contribution < 1.29 is 4.92 Å². The second kappa shape index (κ2) is 6.36. The van der Waals surface area contributed by atoms with E-state index < -0.39 is 4.92 Å². The Bertz CT molecular complexity index is 658. The molecule has 1 fully saturated rings. The molecule has 0 radical (unpaired) electrons. The molecule has 6 nitrogen and oxygen atoms in total. The van der Waals surface area contributed by atoms with E-state index >= 15 is 0 Å². The summed E-state index contributed by atoms with van der Waals surface area (Å²) in [6.45, 7) is 1.10. The lowest BCUT2D eigenvalue weighted by molar-refractivity contribution is -0.384. The lowest BCUT2D eigenvalue weighted by atomic mass is 10.1. The molecule has 1 aromatic heterocycles. The lowest BCUT2D eigenvalue weighted by Gasteiger charge is -2.22. The highest BCUT2D eigenvalue weighted by atomic mass is 32.2. The Labute approximate surface area is 126 Å². The number of nitro benzene ring substituents is 1. The number of hydrogen-bond donors (Lipinski definition) is 1. The molecule has 21 heavy (non-hydrogen) atoms. The van der Waals surface area contributed by atoms with Crippen molar-refractivity contribution in [3.63, 3.8) is 0 Å². The van der Waals surface area contributed by atoms with Gasteiger partial charge >= 0.3 is 0 Å². The molecule has 0 aliphatic carbocycles. The summed E-state index contributed by atoms with van der Waals surface area (Å²) in [5.41, 5.74) is 1.30. The van der Waals surface area contributed by atoms with E-state index in [-0.39, 0.29) is 5.69 Å². The third-order valence-electron chi connectivity index (χ3n) is 3.56. The number of hydrogen-bond acceptors (Lipinski definition) is 6. The van der Waals surface area contributed by atoms with Gasteiger partial charge in [-0.3, -0.25) is 15.1 Å². The molecular formula is C14H16N4O2S. The van der Waals surface area contributed by atoms with Crippen LogP contribution in [0.3, 0.4) is 0 Å². The van der Waals surface area contributed by atoms with Gasteiger partial charge in [-0.1, -0.05) is 6.42 Å². The molecule has 110 valence electrons. The molecule has 1 aliphatic heterocycles. The number of nitro groups is 1. The molecule has 1 aromatic carbocycles. The molecular weight excluding hydrogens is 288 g/mol. The standard InChI is InChI=1S/C14H16N4O2S/c19-18(20)11-4-5-12-13(7-11)16-8-14(17-12)21-9-10-3-1-2-6-15-10/h4-5,7-8,10,15H,1-3,6,9H2. The summed E-state index contributed by atoms with van der Waals surface area (Å²) >= 11 is 1.68. The van der Waals surface area contributed by atoms with E-state index in [2.05, 4.69) is 15.3 Å². The van der Waals surface area contributed by atoms with Crippen LogP contribution in [0.5, 0.6) is 0 Å². The fourth-order valence-electron chi connectivity index (χ4n) is 2.42. The van der Waals surface area contributed by atoms with Crippen molar-refractivity contribution in [1.82, 2.24) is 15.3 Å². The molecule has 0 spiro atoms. The summed E-state index contributed by atoms with van der Waals surface area (Å²) in [7, 11) is 0. The van der Waals surface area contributed by atoms with Crippen molar-refractivity contribution in [2.24, 2.45) is 0 Å². The Kier molecular flexibility index (Phi) is 4.31. The molecule has 0 amide bonds. The van der Waals surface area contributed by atoms with Crippen LogP contribution in [-0.2, 0) is 0 Å². The first-order valence-electron chi connectivity index (χ1n) is 7.00. The predicted molar refractivity (Wildman–Crippen MR) is 82.6 cm³/mol. The van der Waals surface area contributed by atoms with Crippen LogP contribution in [0.25, 0.3) is 11.0 Å². The van der Waals surface area contributed by atoms with Crippen LogP contribution in [0.2, 0.25) is 0 Å². The van der Waals surface area contributed by atoms with Gasteiger partial charge in [-0.15, -0.1) is 11.8 Å². The molecule has 0 bridgehead atoms. The highest BCUT2D eigenvalue weighted by Crippen LogP contribution is 2.23. The Morgan fingerprint density at radius 3 is 3.05 bits per heavy atom. The number of non-ortho nitro benzene ring substituents is 1. The van der Waals surface area contributed by atoms with Crippen molar-refractivity contribution in [3.8, 4) is 0 Å². The first-order chi connectivity index (χ1) is 10.2. The van der Waals surface area contributed by atoms with E-state index in [1.165, 1.54) is 31.4 Å². The van der Waals surface area contributed by atoms with Gasteiger partial charge in [0.05, 0.1) is 22.2 Å². The summed E-state index contributed by atoms with van der Waals surface area (Å²) in [5.74, 6) is 0.979. The van der Waals surface area contributed by atoms with Gasteiger partial charge in [0.1, 0.15) is 5.03 Å². The molecule has 1 aliphatic rings. The SMILES string of the molecule is O=[N+]([O-])c1ccc2nc(SCC3CCCCN3)cnc2c1. The van der Waals surface area contributed by atoms with Crippen LogP contribution >= 0.6 is 11.8 Å². The lowest BCUT2D eigenvalue weighted by Crippen LogP contribution is -2.35. The van der Waals surface area contributed by atoms with Crippen molar-refractivity contribution >= 4 is 28.5 Å². The minimum Gasteiger partial charge on any atom is -0.313 e. The second-order valence-corrected chi connectivity index (χ2v) is 6.14. The predicted octanol–water partition coefficient (Wildman–Crippen LogP) is 2.77. The molecule has 1 unspecified atom stereocenters. The molecule has 7 heteroatoms. The topological polar surface area (TPSA) is 81.0 Å². The van der Waals surface area contributed by atoms with Crippen molar-refractivity contribution in [2.45, 2.75) is 30.3 Å². The van der Waals surface area contributed by atoms with E-state index in [0.29, 0.717) is 17.1 Å². The number of aromatic nitrogens is 2. The Hall–Kier alpha value is -1.73. The largest absolute Gasteiger partial charge is 0.313 e. The van der Waals surface area contributed by atoms with Gasteiger partial charge in [-0.25, -0.2) is 4.98 Å². The fraction of sp³-hybridized carbons (Fsp3) is 0.429. The molecule has 1 saturated heterocycles. The van der Waals surface area contributed by atoms with Crippen LogP contribution in [0, 0.1) is 10.1 Å². The zero-order chi connectivity index (χ0) is 14.7. The fourth-order valence-corrected chi connectivity index (χ4v) is 3.36. The van der Waals surface area contributed by atoms with E-state index in [1.807, 2.05) is 0 Å². The van der Waals surface area contributed by atoms with Gasteiger partial charge in [-0.2, -0.15) is 0 Å². The van der Waals surface area contributed by atoms with Crippen molar-refractivity contribution in [2.75, 3.05) is 12.3 Å². The number of nitrogens with zero attached hydrogens (tertiary/aromatic N) is 3. The maximum absolute atomic E-state index is 10.7. The number of piperidine rings is 1. The van der Waals surface area contributed by atoms with Crippen LogP contribution in [0.15, 0.2) is 29.4 Å². The third kappa shape index (κ3) is 3.48. The normalized spacial score (nSPS) is 18.8. The third-order valence-corrected chi connectivity index (χ3v) is 4.62. The monoisotopic (exact) mass is 304 g/mol. The zero-order valence-corrected chi connectivity index (χ0v) is 12.3. The van der Waals surface area contributed by atoms with E-state index in [4.69, 9.17) is 0 Å². The molecule has 3 rings (SSSR count). The summed E-state index contributed by atoms with van der Waals surface area (Å²) in [6, 6.07) is 5.12. The van der Waals surface area contributed by atoms with Crippen molar-refractivity contribution in [3.05, 3.63) is 34.5 Å². The molecule has 1 atom stereocenters. The minimum absolute atomic E-state index is 0.0450. The number of fused-ring (bicyclic) bond motifs is 1. The van der Waals surface area contributed by atoms with E-state index in [1.54, 1.807) is 24.0 Å². The molecule has 1 N–H and O–H groups in total. The Morgan fingerprint density at radius 1 is 1.38 bits per heavy atom. The van der Waals surface area contributed by atoms with Gasteiger partial charge in [0.15, 0.2) is 0 Å².